The predicted octanol–water partition coefficient (Wildman–Crippen LogP) is 4.02. The number of benzene rings is 1. The first-order chi connectivity index (χ1) is 17.1. The molecule has 0 saturated carbocycles. The van der Waals surface area contributed by atoms with Gasteiger partial charge in [-0.05, 0) is 49.1 Å². The van der Waals surface area contributed by atoms with Gasteiger partial charge in [0, 0.05) is 63.4 Å². The molecular weight excluding hydrogens is 463 g/mol. The van der Waals surface area contributed by atoms with Gasteiger partial charge < -0.3 is 15.4 Å². The Bertz CT molecular complexity index is 1070. The second-order valence-corrected chi connectivity index (χ2v) is 10.5. The minimum atomic E-state index is -0.291. The Balaban J connectivity index is 1.06. The average Bonchev–Trinajstić information content (AvgIpc) is 3.13. The lowest BCUT2D eigenvalue weighted by Gasteiger charge is -2.31. The molecule has 0 amide bonds. The number of anilines is 2. The van der Waals surface area contributed by atoms with E-state index < -0.39 is 0 Å². The zero-order valence-corrected chi connectivity index (χ0v) is 20.8. The molecule has 0 unspecified atom stereocenters. The van der Waals surface area contributed by atoms with Crippen molar-refractivity contribution in [3.05, 3.63) is 65.0 Å². The van der Waals surface area contributed by atoms with E-state index in [0.717, 1.165) is 83.2 Å². The van der Waals surface area contributed by atoms with Crippen LogP contribution in [0.15, 0.2) is 48.8 Å². The third-order valence-corrected chi connectivity index (χ3v) is 7.55. The number of rotatable bonds is 7. The van der Waals surface area contributed by atoms with Crippen LogP contribution in [0, 0.1) is 5.82 Å². The van der Waals surface area contributed by atoms with Gasteiger partial charge in [0.1, 0.15) is 23.5 Å². The SMILES string of the molecule is Nc1ncc(CN2CCC(Oc3ccc(CN4CCCN(c5ccc(F)cn5)CC4)cc3)CC2)s1. The van der Waals surface area contributed by atoms with Crippen molar-refractivity contribution in [2.75, 3.05) is 49.9 Å². The molecule has 0 spiro atoms. The maximum atomic E-state index is 13.2. The number of hydrogen-bond acceptors (Lipinski definition) is 8. The zero-order valence-electron chi connectivity index (χ0n) is 20.0. The smallest absolute Gasteiger partial charge is 0.180 e. The molecule has 2 fully saturated rings. The summed E-state index contributed by atoms with van der Waals surface area (Å²) >= 11 is 1.57. The fourth-order valence-electron chi connectivity index (χ4n) is 4.84. The first-order valence-corrected chi connectivity index (χ1v) is 13.2. The number of nitrogen functional groups attached to an aromatic ring is 1. The number of pyridine rings is 1. The highest BCUT2D eigenvalue weighted by atomic mass is 32.1. The van der Waals surface area contributed by atoms with Crippen molar-refractivity contribution in [2.24, 2.45) is 0 Å². The van der Waals surface area contributed by atoms with Crippen LogP contribution < -0.4 is 15.4 Å². The van der Waals surface area contributed by atoms with Crippen LogP contribution in [0.1, 0.15) is 29.7 Å². The molecule has 0 aliphatic carbocycles. The zero-order chi connectivity index (χ0) is 24.0. The summed E-state index contributed by atoms with van der Waals surface area (Å²) in [4.78, 5) is 16.8. The topological polar surface area (TPSA) is 70.8 Å². The Hall–Kier alpha value is -2.75. The molecule has 0 bridgehead atoms. The largest absolute Gasteiger partial charge is 0.490 e. The summed E-state index contributed by atoms with van der Waals surface area (Å²) in [5, 5.41) is 0.641. The van der Waals surface area contributed by atoms with Gasteiger partial charge in [-0.25, -0.2) is 14.4 Å². The first-order valence-electron chi connectivity index (χ1n) is 12.4. The number of hydrogen-bond donors (Lipinski definition) is 1. The normalized spacial score (nSPS) is 18.5. The van der Waals surface area contributed by atoms with Gasteiger partial charge in [-0.2, -0.15) is 0 Å². The number of thiazole rings is 1. The molecule has 0 atom stereocenters. The number of halogens is 1. The fourth-order valence-corrected chi connectivity index (χ4v) is 5.57. The standard InChI is InChI=1S/C26H33FN6OS/c27-21-4-7-25(29-16-21)33-11-1-10-31(14-15-33)18-20-2-5-22(6-3-20)34-23-8-12-32(13-9-23)19-24-17-30-26(28)35-24/h2-7,16-17,23H,1,8-15,18-19H2,(H2,28,30). The summed E-state index contributed by atoms with van der Waals surface area (Å²) in [7, 11) is 0. The maximum Gasteiger partial charge on any atom is 0.180 e. The molecule has 3 aromatic rings. The van der Waals surface area contributed by atoms with E-state index in [4.69, 9.17) is 10.5 Å². The van der Waals surface area contributed by atoms with Crippen molar-refractivity contribution < 1.29 is 9.13 Å². The Kier molecular flexibility index (Phi) is 7.75. The lowest BCUT2D eigenvalue weighted by atomic mass is 10.1. The van der Waals surface area contributed by atoms with Crippen molar-refractivity contribution >= 4 is 22.3 Å². The van der Waals surface area contributed by atoms with E-state index in [-0.39, 0.29) is 11.9 Å². The van der Waals surface area contributed by atoms with Gasteiger partial charge in [0.05, 0.1) is 6.20 Å². The highest BCUT2D eigenvalue weighted by Gasteiger charge is 2.21. The Labute approximate surface area is 210 Å². The van der Waals surface area contributed by atoms with E-state index in [9.17, 15) is 4.39 Å². The number of nitrogens with zero attached hydrogens (tertiary/aromatic N) is 5. The van der Waals surface area contributed by atoms with Crippen molar-refractivity contribution in [1.82, 2.24) is 19.8 Å². The minimum absolute atomic E-state index is 0.264. The average molecular weight is 497 g/mol. The van der Waals surface area contributed by atoms with Crippen molar-refractivity contribution in [3.8, 4) is 5.75 Å². The van der Waals surface area contributed by atoms with Crippen LogP contribution in [-0.2, 0) is 13.1 Å². The van der Waals surface area contributed by atoms with Gasteiger partial charge in [0.15, 0.2) is 5.13 Å². The lowest BCUT2D eigenvalue weighted by molar-refractivity contribution is 0.0973. The van der Waals surface area contributed by atoms with Crippen LogP contribution in [0.3, 0.4) is 0 Å². The predicted molar refractivity (Wildman–Crippen MR) is 138 cm³/mol. The highest BCUT2D eigenvalue weighted by Crippen LogP contribution is 2.23. The number of likely N-dealkylation sites (tertiary alicyclic amines) is 1. The molecule has 9 heteroatoms. The van der Waals surface area contributed by atoms with E-state index in [1.54, 1.807) is 17.4 Å². The summed E-state index contributed by atoms with van der Waals surface area (Å²) in [5.41, 5.74) is 7.04. The summed E-state index contributed by atoms with van der Waals surface area (Å²) in [6.07, 6.45) is 6.57. The third kappa shape index (κ3) is 6.68. The van der Waals surface area contributed by atoms with Crippen molar-refractivity contribution in [1.29, 1.82) is 0 Å². The first kappa shape index (κ1) is 24.0. The number of aromatic nitrogens is 2. The Morgan fingerprint density at radius 3 is 2.40 bits per heavy atom. The third-order valence-electron chi connectivity index (χ3n) is 6.74. The molecule has 0 radical (unpaired) electrons. The van der Waals surface area contributed by atoms with Crippen LogP contribution in [0.2, 0.25) is 0 Å². The summed E-state index contributed by atoms with van der Waals surface area (Å²) < 4.78 is 19.5. The highest BCUT2D eigenvalue weighted by molar-refractivity contribution is 7.15. The molecule has 4 heterocycles. The van der Waals surface area contributed by atoms with Gasteiger partial charge in [-0.3, -0.25) is 9.80 Å². The van der Waals surface area contributed by atoms with Gasteiger partial charge in [-0.1, -0.05) is 12.1 Å². The number of ether oxygens (including phenoxy) is 1. The molecule has 2 N–H and O–H groups in total. The molecule has 2 aromatic heterocycles. The molecule has 5 rings (SSSR count). The van der Waals surface area contributed by atoms with E-state index >= 15 is 0 Å². The van der Waals surface area contributed by atoms with Crippen LogP contribution in [0.4, 0.5) is 15.3 Å². The fraction of sp³-hybridized carbons (Fsp3) is 0.462. The summed E-state index contributed by atoms with van der Waals surface area (Å²) in [5.74, 6) is 1.52. The molecule has 7 nitrogen and oxygen atoms in total. The van der Waals surface area contributed by atoms with Gasteiger partial charge in [0.2, 0.25) is 0 Å². The number of nitrogens with two attached hydrogens (primary N) is 1. The summed E-state index contributed by atoms with van der Waals surface area (Å²) in [6, 6.07) is 11.8. The van der Waals surface area contributed by atoms with E-state index in [0.29, 0.717) is 5.13 Å². The monoisotopic (exact) mass is 496 g/mol. The Morgan fingerprint density at radius 2 is 1.69 bits per heavy atom. The van der Waals surface area contributed by atoms with Crippen LogP contribution in [0.25, 0.3) is 0 Å². The van der Waals surface area contributed by atoms with E-state index in [1.165, 1.54) is 22.7 Å². The minimum Gasteiger partial charge on any atom is -0.490 e. The number of piperidine rings is 1. The quantitative estimate of drug-likeness (QED) is 0.530. The van der Waals surface area contributed by atoms with E-state index in [2.05, 4.69) is 48.9 Å². The summed E-state index contributed by atoms with van der Waals surface area (Å²) in [6.45, 7) is 7.75. The molecule has 35 heavy (non-hydrogen) atoms. The van der Waals surface area contributed by atoms with Crippen molar-refractivity contribution in [3.63, 3.8) is 0 Å². The van der Waals surface area contributed by atoms with Gasteiger partial charge in [-0.15, -0.1) is 11.3 Å². The maximum absolute atomic E-state index is 13.2. The molecule has 2 aliphatic heterocycles. The molecule has 2 saturated heterocycles. The van der Waals surface area contributed by atoms with E-state index in [1.807, 2.05) is 6.20 Å². The molecule has 1 aromatic carbocycles. The molecule has 186 valence electrons. The van der Waals surface area contributed by atoms with Crippen LogP contribution in [-0.4, -0.2) is 65.1 Å². The second-order valence-electron chi connectivity index (χ2n) is 9.35. The second kappa shape index (κ2) is 11.3. The Morgan fingerprint density at radius 1 is 0.886 bits per heavy atom. The van der Waals surface area contributed by atoms with Crippen LogP contribution >= 0.6 is 11.3 Å². The van der Waals surface area contributed by atoms with Crippen LogP contribution in [0.5, 0.6) is 5.75 Å². The van der Waals surface area contributed by atoms with Gasteiger partial charge >= 0.3 is 0 Å². The lowest BCUT2D eigenvalue weighted by Crippen LogP contribution is -2.37. The van der Waals surface area contributed by atoms with Crippen molar-refractivity contribution in [2.45, 2.75) is 38.5 Å². The molecular formula is C26H33FN6OS. The van der Waals surface area contributed by atoms with Gasteiger partial charge in [0.25, 0.3) is 0 Å². The molecule has 2 aliphatic rings.